The van der Waals surface area contributed by atoms with E-state index in [0.717, 1.165) is 43.7 Å². The smallest absolute Gasteiger partial charge is 0.251 e. The summed E-state index contributed by atoms with van der Waals surface area (Å²) in [5, 5.41) is 2.97. The van der Waals surface area contributed by atoms with Gasteiger partial charge in [-0.3, -0.25) is 9.69 Å². The molecule has 1 amide bonds. The maximum Gasteiger partial charge on any atom is 0.251 e. The number of sulfone groups is 1. The molecule has 0 aromatic heterocycles. The molecule has 2 heterocycles. The fraction of sp³-hybridized carbons (Fsp3) is 0.364. The molecule has 0 saturated carbocycles. The topological polar surface area (TPSA) is 75.7 Å². The third kappa shape index (κ3) is 6.54. The van der Waals surface area contributed by atoms with Crippen molar-refractivity contribution in [3.8, 4) is 11.1 Å². The second-order valence-corrected chi connectivity index (χ2v) is 13.3. The first-order valence-electron chi connectivity index (χ1n) is 14.1. The molecule has 210 valence electrons. The van der Waals surface area contributed by atoms with Crippen molar-refractivity contribution < 1.29 is 17.9 Å². The Morgan fingerprint density at radius 1 is 0.975 bits per heavy atom. The van der Waals surface area contributed by atoms with E-state index in [1.54, 1.807) is 12.1 Å². The zero-order valence-electron chi connectivity index (χ0n) is 23.5. The average molecular weight is 559 g/mol. The summed E-state index contributed by atoms with van der Waals surface area (Å²) in [4.78, 5) is 15.9. The van der Waals surface area contributed by atoms with E-state index in [-0.39, 0.29) is 23.0 Å². The molecular weight excluding hydrogens is 520 g/mol. The Hall–Kier alpha value is -3.26. The van der Waals surface area contributed by atoms with E-state index in [2.05, 4.69) is 55.4 Å². The van der Waals surface area contributed by atoms with Crippen molar-refractivity contribution in [1.82, 2.24) is 4.90 Å². The normalized spacial score (nSPS) is 17.3. The molecule has 0 bridgehead atoms. The molecule has 6 nitrogen and oxygen atoms in total. The Bertz CT molecular complexity index is 1490. The molecule has 1 fully saturated rings. The SMILES string of the molecule is CC(C)c1ccc(-c2ccc3c(c2)C=C(C(=O)Nc2ccc(CN(C)C4CCOCC4)cc2)CCS3(=O)=O)cc1. The van der Waals surface area contributed by atoms with Gasteiger partial charge in [0.05, 0.1) is 10.6 Å². The predicted octanol–water partition coefficient (Wildman–Crippen LogP) is 6.29. The van der Waals surface area contributed by atoms with Gasteiger partial charge in [0.15, 0.2) is 9.84 Å². The van der Waals surface area contributed by atoms with Crippen LogP contribution < -0.4 is 5.32 Å². The third-order valence-corrected chi connectivity index (χ3v) is 9.76. The Morgan fingerprint density at radius 2 is 1.65 bits per heavy atom. The van der Waals surface area contributed by atoms with E-state index in [1.807, 2.05) is 36.4 Å². The largest absolute Gasteiger partial charge is 0.381 e. The molecule has 2 aliphatic rings. The number of amides is 1. The number of benzene rings is 3. The summed E-state index contributed by atoms with van der Waals surface area (Å²) in [5.41, 5.74) is 6.06. The first kappa shape index (κ1) is 28.3. The molecule has 2 aliphatic heterocycles. The molecule has 0 aliphatic carbocycles. The number of nitrogens with zero attached hydrogens (tertiary/aromatic N) is 1. The highest BCUT2D eigenvalue weighted by Crippen LogP contribution is 2.32. The van der Waals surface area contributed by atoms with E-state index < -0.39 is 9.84 Å². The highest BCUT2D eigenvalue weighted by atomic mass is 32.2. The summed E-state index contributed by atoms with van der Waals surface area (Å²) >= 11 is 0. The summed E-state index contributed by atoms with van der Waals surface area (Å²) in [6.45, 7) is 6.77. The van der Waals surface area contributed by atoms with Gasteiger partial charge in [0.1, 0.15) is 0 Å². The van der Waals surface area contributed by atoms with Gasteiger partial charge in [-0.05, 0) is 90.4 Å². The number of nitrogens with one attached hydrogen (secondary N) is 1. The van der Waals surface area contributed by atoms with Crippen molar-refractivity contribution in [1.29, 1.82) is 0 Å². The van der Waals surface area contributed by atoms with Gasteiger partial charge in [-0.2, -0.15) is 0 Å². The Balaban J connectivity index is 1.32. The number of fused-ring (bicyclic) bond motifs is 1. The maximum absolute atomic E-state index is 13.3. The summed E-state index contributed by atoms with van der Waals surface area (Å²) < 4.78 is 31.6. The zero-order chi connectivity index (χ0) is 28.3. The zero-order valence-corrected chi connectivity index (χ0v) is 24.3. The Labute approximate surface area is 238 Å². The van der Waals surface area contributed by atoms with E-state index in [0.29, 0.717) is 28.8 Å². The van der Waals surface area contributed by atoms with Gasteiger partial charge in [0, 0.05) is 37.1 Å². The summed E-state index contributed by atoms with van der Waals surface area (Å²) in [6, 6.07) is 22.1. The van der Waals surface area contributed by atoms with E-state index in [4.69, 9.17) is 4.74 Å². The summed E-state index contributed by atoms with van der Waals surface area (Å²) in [6.07, 6.45) is 3.99. The van der Waals surface area contributed by atoms with Gasteiger partial charge in [0.2, 0.25) is 0 Å². The second-order valence-electron chi connectivity index (χ2n) is 11.2. The van der Waals surface area contributed by atoms with Crippen LogP contribution in [0.3, 0.4) is 0 Å². The second kappa shape index (κ2) is 12.1. The van der Waals surface area contributed by atoms with Crippen molar-refractivity contribution in [2.45, 2.75) is 56.5 Å². The lowest BCUT2D eigenvalue weighted by atomic mass is 9.97. The number of rotatable bonds is 7. The molecule has 0 atom stereocenters. The first-order chi connectivity index (χ1) is 19.2. The predicted molar refractivity (Wildman–Crippen MR) is 161 cm³/mol. The van der Waals surface area contributed by atoms with Gasteiger partial charge in [-0.15, -0.1) is 0 Å². The molecule has 0 spiro atoms. The molecule has 3 aromatic carbocycles. The molecule has 1 saturated heterocycles. The molecule has 0 unspecified atom stereocenters. The summed E-state index contributed by atoms with van der Waals surface area (Å²) in [7, 11) is -1.36. The minimum atomic E-state index is -3.51. The number of ether oxygens (including phenoxy) is 1. The van der Waals surface area contributed by atoms with Crippen molar-refractivity contribution in [3.63, 3.8) is 0 Å². The number of hydrogen-bond donors (Lipinski definition) is 1. The van der Waals surface area contributed by atoms with Gasteiger partial charge in [-0.25, -0.2) is 8.42 Å². The van der Waals surface area contributed by atoms with Crippen LogP contribution in [0.1, 0.15) is 55.7 Å². The quantitative estimate of drug-likeness (QED) is 0.369. The fourth-order valence-electron chi connectivity index (χ4n) is 5.43. The van der Waals surface area contributed by atoms with Gasteiger partial charge in [0.25, 0.3) is 5.91 Å². The molecule has 7 heteroatoms. The van der Waals surface area contributed by atoms with Crippen LogP contribution in [0.25, 0.3) is 17.2 Å². The van der Waals surface area contributed by atoms with Gasteiger partial charge in [-0.1, -0.05) is 56.3 Å². The molecular formula is C33H38N2O4S. The van der Waals surface area contributed by atoms with E-state index >= 15 is 0 Å². The third-order valence-electron chi connectivity index (χ3n) is 7.97. The number of hydrogen-bond acceptors (Lipinski definition) is 5. The molecule has 3 aromatic rings. The van der Waals surface area contributed by atoms with E-state index in [9.17, 15) is 13.2 Å². The minimum absolute atomic E-state index is 0.0981. The number of carbonyl (C=O) groups is 1. The van der Waals surface area contributed by atoms with Crippen LogP contribution in [-0.2, 0) is 25.9 Å². The van der Waals surface area contributed by atoms with Crippen LogP contribution in [0.15, 0.2) is 77.2 Å². The Kier molecular flexibility index (Phi) is 8.54. The van der Waals surface area contributed by atoms with Crippen LogP contribution in [0.4, 0.5) is 5.69 Å². The molecule has 5 rings (SSSR count). The average Bonchev–Trinajstić information content (AvgIpc) is 3.09. The highest BCUT2D eigenvalue weighted by Gasteiger charge is 2.25. The number of carbonyl (C=O) groups excluding carboxylic acids is 1. The fourth-order valence-corrected chi connectivity index (χ4v) is 6.89. The van der Waals surface area contributed by atoms with E-state index in [1.165, 1.54) is 11.1 Å². The monoisotopic (exact) mass is 558 g/mol. The number of anilines is 1. The van der Waals surface area contributed by atoms with Crippen LogP contribution in [-0.4, -0.2) is 51.3 Å². The highest BCUT2D eigenvalue weighted by molar-refractivity contribution is 7.91. The lowest BCUT2D eigenvalue weighted by Crippen LogP contribution is -2.36. The standard InChI is InChI=1S/C33H38N2O4S/c1-23(2)25-6-8-26(9-7-25)27-10-13-32-29(20-27)21-28(16-19-40(32,37)38)33(36)34-30-11-4-24(5-12-30)22-35(3)31-14-17-39-18-15-31/h4-13,20-21,23,31H,14-19,22H2,1-3H3,(H,34,36). The first-order valence-corrected chi connectivity index (χ1v) is 15.7. The summed E-state index contributed by atoms with van der Waals surface area (Å²) in [5.74, 6) is 0.0609. The molecule has 0 radical (unpaired) electrons. The lowest BCUT2D eigenvalue weighted by molar-refractivity contribution is -0.112. The van der Waals surface area contributed by atoms with Crippen LogP contribution in [0.5, 0.6) is 0 Å². The van der Waals surface area contributed by atoms with Crippen molar-refractivity contribution in [2.24, 2.45) is 0 Å². The molecule has 1 N–H and O–H groups in total. The van der Waals surface area contributed by atoms with Gasteiger partial charge >= 0.3 is 0 Å². The van der Waals surface area contributed by atoms with Crippen molar-refractivity contribution >= 4 is 27.5 Å². The van der Waals surface area contributed by atoms with Crippen LogP contribution in [0.2, 0.25) is 0 Å². The van der Waals surface area contributed by atoms with Gasteiger partial charge < -0.3 is 10.1 Å². The maximum atomic E-state index is 13.3. The lowest BCUT2D eigenvalue weighted by Gasteiger charge is -2.31. The van der Waals surface area contributed by atoms with Crippen LogP contribution >= 0.6 is 0 Å². The molecule has 40 heavy (non-hydrogen) atoms. The minimum Gasteiger partial charge on any atom is -0.381 e. The van der Waals surface area contributed by atoms with Crippen molar-refractivity contribution in [3.05, 3.63) is 89.0 Å². The van der Waals surface area contributed by atoms with Crippen LogP contribution in [0, 0.1) is 0 Å². The Morgan fingerprint density at radius 3 is 2.33 bits per heavy atom. The van der Waals surface area contributed by atoms with Crippen molar-refractivity contribution in [2.75, 3.05) is 31.3 Å².